The first kappa shape index (κ1) is 16.3. The SMILES string of the molecule is Cc1cc(F)c(-n2cnnn2)c(-c2cc(Cl)c[c]c2-n2nnnc2C)c1. The van der Waals surface area contributed by atoms with Crippen LogP contribution in [0.2, 0.25) is 5.02 Å². The van der Waals surface area contributed by atoms with E-state index in [0.29, 0.717) is 27.7 Å². The lowest BCUT2D eigenvalue weighted by Crippen LogP contribution is -2.06. The molecule has 26 heavy (non-hydrogen) atoms. The van der Waals surface area contributed by atoms with E-state index in [1.54, 1.807) is 26.0 Å². The zero-order valence-corrected chi connectivity index (χ0v) is 14.5. The maximum atomic E-state index is 14.8. The average molecular weight is 370 g/mol. The van der Waals surface area contributed by atoms with Crippen LogP contribution in [0, 0.1) is 25.7 Å². The Hall–Kier alpha value is -3.20. The van der Waals surface area contributed by atoms with Crippen LogP contribution in [0.25, 0.3) is 22.5 Å². The van der Waals surface area contributed by atoms with Crippen molar-refractivity contribution in [2.24, 2.45) is 0 Å². The quantitative estimate of drug-likeness (QED) is 0.551. The fourth-order valence-corrected chi connectivity index (χ4v) is 2.88. The second kappa shape index (κ2) is 6.26. The van der Waals surface area contributed by atoms with Crippen molar-refractivity contribution < 1.29 is 4.39 Å². The van der Waals surface area contributed by atoms with Gasteiger partial charge in [0.25, 0.3) is 0 Å². The van der Waals surface area contributed by atoms with E-state index in [-0.39, 0.29) is 5.69 Å². The Kier molecular flexibility index (Phi) is 3.92. The molecule has 0 unspecified atom stereocenters. The summed E-state index contributed by atoms with van der Waals surface area (Å²) in [4.78, 5) is 0. The molecule has 2 aromatic carbocycles. The highest BCUT2D eigenvalue weighted by atomic mass is 35.5. The summed E-state index contributed by atoms with van der Waals surface area (Å²) in [5, 5.41) is 23.0. The van der Waals surface area contributed by atoms with Crippen LogP contribution in [0.3, 0.4) is 0 Å². The van der Waals surface area contributed by atoms with Gasteiger partial charge in [-0.15, -0.1) is 10.2 Å². The number of hydrogen-bond donors (Lipinski definition) is 0. The fourth-order valence-electron chi connectivity index (χ4n) is 2.72. The summed E-state index contributed by atoms with van der Waals surface area (Å²) < 4.78 is 17.6. The van der Waals surface area contributed by atoms with Gasteiger partial charge in [-0.05, 0) is 64.5 Å². The standard InChI is InChI=1S/C16H11ClFN8/c1-9-5-13(16(14(18)6-9)25-8-19-21-23-25)12-7-11(17)3-4-15(12)26-10(2)20-22-24-26/h3,5-8H,1-2H3. The van der Waals surface area contributed by atoms with Gasteiger partial charge < -0.3 is 0 Å². The van der Waals surface area contributed by atoms with Gasteiger partial charge >= 0.3 is 0 Å². The van der Waals surface area contributed by atoms with Gasteiger partial charge in [-0.25, -0.2) is 4.39 Å². The zero-order valence-electron chi connectivity index (χ0n) is 13.7. The van der Waals surface area contributed by atoms with Crippen LogP contribution in [0.15, 0.2) is 30.6 Å². The first-order valence-corrected chi connectivity index (χ1v) is 7.93. The number of tetrazole rings is 2. The molecule has 0 fully saturated rings. The van der Waals surface area contributed by atoms with Crippen LogP contribution >= 0.6 is 11.6 Å². The molecule has 0 aliphatic heterocycles. The van der Waals surface area contributed by atoms with Crippen molar-refractivity contribution in [1.82, 2.24) is 40.4 Å². The highest BCUT2D eigenvalue weighted by Gasteiger charge is 2.20. The minimum absolute atomic E-state index is 0.197. The predicted octanol–water partition coefficient (Wildman–Crippen LogP) is 2.51. The van der Waals surface area contributed by atoms with Gasteiger partial charge in [0.15, 0.2) is 5.82 Å². The first-order chi connectivity index (χ1) is 12.5. The van der Waals surface area contributed by atoms with E-state index in [4.69, 9.17) is 11.6 Å². The van der Waals surface area contributed by atoms with Crippen molar-refractivity contribution in [3.63, 3.8) is 0 Å². The smallest absolute Gasteiger partial charge is 0.153 e. The molecule has 0 aliphatic carbocycles. The number of rotatable bonds is 3. The van der Waals surface area contributed by atoms with E-state index < -0.39 is 5.82 Å². The monoisotopic (exact) mass is 369 g/mol. The molecule has 0 atom stereocenters. The number of aryl methyl sites for hydroxylation is 2. The molecule has 129 valence electrons. The first-order valence-electron chi connectivity index (χ1n) is 7.55. The Labute approximate surface area is 152 Å². The molecule has 0 spiro atoms. The lowest BCUT2D eigenvalue weighted by atomic mass is 9.99. The van der Waals surface area contributed by atoms with E-state index in [2.05, 4.69) is 37.1 Å². The summed E-state index contributed by atoms with van der Waals surface area (Å²) in [5.41, 5.74) is 2.60. The Bertz CT molecular complexity index is 1090. The molecule has 2 aromatic heterocycles. The second-order valence-electron chi connectivity index (χ2n) is 5.62. The molecule has 0 bridgehead atoms. The van der Waals surface area contributed by atoms with Crippen molar-refractivity contribution >= 4 is 11.6 Å². The van der Waals surface area contributed by atoms with Gasteiger partial charge in [0.1, 0.15) is 17.8 Å². The minimum Gasteiger partial charge on any atom is -0.205 e. The van der Waals surface area contributed by atoms with Gasteiger partial charge in [0.05, 0.1) is 5.69 Å². The normalized spacial score (nSPS) is 11.1. The molecular weight excluding hydrogens is 359 g/mol. The van der Waals surface area contributed by atoms with Gasteiger partial charge in [-0.1, -0.05) is 11.6 Å². The molecule has 0 saturated carbocycles. The fraction of sp³-hybridized carbons (Fsp3) is 0.125. The molecule has 0 saturated heterocycles. The maximum absolute atomic E-state index is 14.8. The summed E-state index contributed by atoms with van der Waals surface area (Å²) in [6, 6.07) is 9.61. The largest absolute Gasteiger partial charge is 0.205 e. The van der Waals surface area contributed by atoms with Crippen LogP contribution in [0.4, 0.5) is 4.39 Å². The average Bonchev–Trinajstić information content (AvgIpc) is 3.26. The molecular formula is C16H11ClFN8. The van der Waals surface area contributed by atoms with Crippen molar-refractivity contribution in [2.75, 3.05) is 0 Å². The summed E-state index contributed by atoms with van der Waals surface area (Å²) in [7, 11) is 0. The van der Waals surface area contributed by atoms with E-state index in [1.165, 1.54) is 21.8 Å². The zero-order chi connectivity index (χ0) is 18.3. The third-order valence-electron chi connectivity index (χ3n) is 3.80. The van der Waals surface area contributed by atoms with Crippen LogP contribution < -0.4 is 0 Å². The van der Waals surface area contributed by atoms with Crippen LogP contribution in [0.1, 0.15) is 11.4 Å². The molecule has 0 aliphatic rings. The molecule has 0 N–H and O–H groups in total. The summed E-state index contributed by atoms with van der Waals surface area (Å²) in [5.74, 6) is 0.0913. The highest BCUT2D eigenvalue weighted by Crippen LogP contribution is 2.35. The number of benzene rings is 2. The van der Waals surface area contributed by atoms with E-state index >= 15 is 0 Å². The van der Waals surface area contributed by atoms with Gasteiger partial charge in [-0.3, -0.25) is 0 Å². The number of aromatic nitrogens is 8. The molecule has 2 heterocycles. The summed E-state index contributed by atoms with van der Waals surface area (Å²) >= 11 is 6.19. The number of hydrogen-bond acceptors (Lipinski definition) is 6. The topological polar surface area (TPSA) is 87.2 Å². The second-order valence-corrected chi connectivity index (χ2v) is 6.05. The van der Waals surface area contributed by atoms with E-state index in [1.807, 2.05) is 6.07 Å². The molecule has 10 heteroatoms. The lowest BCUT2D eigenvalue weighted by Gasteiger charge is -2.15. The third kappa shape index (κ3) is 2.72. The maximum Gasteiger partial charge on any atom is 0.153 e. The lowest BCUT2D eigenvalue weighted by molar-refractivity contribution is 0.606. The van der Waals surface area contributed by atoms with Crippen LogP contribution in [0.5, 0.6) is 0 Å². The minimum atomic E-state index is -0.466. The van der Waals surface area contributed by atoms with E-state index in [0.717, 1.165) is 5.56 Å². The molecule has 1 radical (unpaired) electrons. The van der Waals surface area contributed by atoms with Gasteiger partial charge in [-0.2, -0.15) is 9.36 Å². The van der Waals surface area contributed by atoms with Crippen molar-refractivity contribution in [3.05, 3.63) is 58.9 Å². The number of nitrogens with zero attached hydrogens (tertiary/aromatic N) is 8. The van der Waals surface area contributed by atoms with Crippen molar-refractivity contribution in [1.29, 1.82) is 0 Å². The number of halogens is 2. The predicted molar refractivity (Wildman–Crippen MR) is 90.6 cm³/mol. The Balaban J connectivity index is 2.06. The Morgan fingerprint density at radius 2 is 1.92 bits per heavy atom. The van der Waals surface area contributed by atoms with Crippen LogP contribution in [-0.4, -0.2) is 40.4 Å². The molecule has 8 nitrogen and oxygen atoms in total. The summed E-state index contributed by atoms with van der Waals surface area (Å²) in [6.45, 7) is 3.55. The van der Waals surface area contributed by atoms with Gasteiger partial charge in [0, 0.05) is 22.2 Å². The van der Waals surface area contributed by atoms with Crippen molar-refractivity contribution in [2.45, 2.75) is 13.8 Å². The highest BCUT2D eigenvalue weighted by molar-refractivity contribution is 6.31. The molecule has 4 aromatic rings. The Morgan fingerprint density at radius 1 is 1.08 bits per heavy atom. The summed E-state index contributed by atoms with van der Waals surface area (Å²) in [6.07, 6.45) is 1.33. The van der Waals surface area contributed by atoms with Crippen LogP contribution in [-0.2, 0) is 0 Å². The third-order valence-corrected chi connectivity index (χ3v) is 4.02. The van der Waals surface area contributed by atoms with Crippen molar-refractivity contribution in [3.8, 4) is 22.5 Å². The van der Waals surface area contributed by atoms with E-state index in [9.17, 15) is 4.39 Å². The van der Waals surface area contributed by atoms with Gasteiger partial charge in [0.2, 0.25) is 0 Å². The Morgan fingerprint density at radius 3 is 2.62 bits per heavy atom. The molecule has 0 amide bonds. The molecule has 4 rings (SSSR count).